The van der Waals surface area contributed by atoms with Gasteiger partial charge in [0.25, 0.3) is 0 Å². The van der Waals surface area contributed by atoms with Crippen molar-refractivity contribution in [1.29, 1.82) is 0 Å². The van der Waals surface area contributed by atoms with E-state index in [0.717, 1.165) is 157 Å². The molecule has 0 aromatic heterocycles. The molecule has 0 N–H and O–H groups in total. The van der Waals surface area contributed by atoms with Crippen LogP contribution in [0.25, 0.3) is 0 Å². The van der Waals surface area contributed by atoms with E-state index in [9.17, 15) is 0 Å². The number of hydrogen-bond acceptors (Lipinski definition) is 4. The number of rotatable bonds is 21. The molecule has 4 aliphatic heterocycles. The number of alkyl halides is 6. The molecule has 525 valence electrons. The fourth-order valence-electron chi connectivity index (χ4n) is 20.4. The minimum atomic E-state index is 0. The van der Waals surface area contributed by atoms with Crippen LogP contribution in [-0.4, -0.2) is 56.1 Å². The van der Waals surface area contributed by atoms with E-state index < -0.39 is 0 Å². The van der Waals surface area contributed by atoms with E-state index in [0.29, 0.717) is 24.4 Å². The van der Waals surface area contributed by atoms with Gasteiger partial charge in [-0.2, -0.15) is 0 Å². The van der Waals surface area contributed by atoms with Gasteiger partial charge in [0, 0.05) is 18.6 Å². The number of halogens is 7. The largest absolute Gasteiger partial charge is 0.369 e. The Labute approximate surface area is 677 Å². The van der Waals surface area contributed by atoms with Gasteiger partial charge in [0.05, 0.1) is 51.3 Å². The van der Waals surface area contributed by atoms with E-state index in [2.05, 4.69) is 240 Å². The van der Waals surface area contributed by atoms with Crippen LogP contribution in [0.15, 0.2) is 124 Å². The Morgan fingerprint density at radius 2 is 0.645 bits per heavy atom. The molecule has 26 unspecified atom stereocenters. The average molecular weight is 2100 g/mol. The molecule has 12 bridgehead atoms. The number of fused-ring (bicyclic) bond motifs is 24. The predicted octanol–water partition coefficient (Wildman–Crippen LogP) is 26.3. The van der Waals surface area contributed by atoms with E-state index in [1.165, 1.54) is 169 Å². The van der Waals surface area contributed by atoms with Gasteiger partial charge < -0.3 is 41.5 Å². The SMILES string of the molecule is C.C(CCC1CC2CC1C1OC21)CC1CC2CC1C1OC21.C1=CC2CC1CC2CCCCC1CC2CC1C1OC21.C1=CCC=C1.C1=CCC=C1.C=CCCC=C.C=CCCCC1CC2C=CC1C2.C=CCCCC1CC2CC1C1OC21.CI.IC(I)I.ICI.[CH2-]I.[V]. The zero-order valence-corrected chi connectivity index (χ0v) is 72.5. The maximum atomic E-state index is 5.79. The van der Waals surface area contributed by atoms with E-state index in [-0.39, 0.29) is 26.0 Å². The molecule has 14 aliphatic carbocycles. The van der Waals surface area contributed by atoms with Crippen LogP contribution in [0.4, 0.5) is 0 Å². The van der Waals surface area contributed by atoms with Gasteiger partial charge in [-0.05, 0) is 259 Å². The Balaban J connectivity index is 0.000000175. The molecular weight excluding hydrogens is 1980 g/mol. The smallest absolute Gasteiger partial charge is 0.114 e. The Hall–Kier alpha value is 2.93. The van der Waals surface area contributed by atoms with Crippen LogP contribution >= 0.6 is 158 Å². The molecule has 18 aliphatic rings. The summed E-state index contributed by atoms with van der Waals surface area (Å²) in [5, 5.41) is 0. The van der Waals surface area contributed by atoms with Crippen LogP contribution in [-0.2, 0) is 37.5 Å². The van der Waals surface area contributed by atoms with E-state index in [4.69, 9.17) is 18.9 Å². The fraction of sp³-hybridized carbons (Fsp3) is 0.741. The van der Waals surface area contributed by atoms with Crippen LogP contribution in [0.2, 0.25) is 0 Å². The minimum absolute atomic E-state index is 0. The summed E-state index contributed by atoms with van der Waals surface area (Å²) < 4.78 is 25.0. The van der Waals surface area contributed by atoms with Gasteiger partial charge in [-0.1, -0.05) is 285 Å². The summed E-state index contributed by atoms with van der Waals surface area (Å²) in [6.45, 7) is 14.6. The van der Waals surface area contributed by atoms with Gasteiger partial charge in [-0.3, -0.25) is 4.93 Å². The molecule has 93 heavy (non-hydrogen) atoms. The fourth-order valence-corrected chi connectivity index (χ4v) is 20.4. The number of allylic oxidation sites excluding steroid dienone is 16. The number of unbranched alkanes of at least 4 members (excludes halogenated alkanes) is 5. The molecule has 4 nitrogen and oxygen atoms in total. The normalized spacial score (nSPS) is 40.1. The molecule has 14 fully saturated rings. The second kappa shape index (κ2) is 46.0. The first-order chi connectivity index (χ1) is 44.6. The first-order valence-corrected chi connectivity index (χ1v) is 46.8. The van der Waals surface area contributed by atoms with Crippen LogP contribution < -0.4 is 0 Å². The summed E-state index contributed by atoms with van der Waals surface area (Å²) >= 11 is 15.6. The molecule has 1 radical (unpaired) electrons. The molecule has 0 aromatic rings. The third-order valence-corrected chi connectivity index (χ3v) is 24.4. The van der Waals surface area contributed by atoms with Crippen molar-refractivity contribution in [2.24, 2.45) is 107 Å². The van der Waals surface area contributed by atoms with Gasteiger partial charge in [0.1, 0.15) is -0.0619 Å². The topological polar surface area (TPSA) is 50.1 Å². The first-order valence-electron chi connectivity index (χ1n) is 36.4. The Morgan fingerprint density at radius 3 is 0.849 bits per heavy atom. The van der Waals surface area contributed by atoms with Crippen molar-refractivity contribution >= 4 is 158 Å². The van der Waals surface area contributed by atoms with Gasteiger partial charge in [0.2, 0.25) is 0 Å². The average Bonchev–Trinajstić information content (AvgIpc) is 1.59. The van der Waals surface area contributed by atoms with Crippen molar-refractivity contribution in [1.82, 2.24) is 0 Å². The van der Waals surface area contributed by atoms with Crippen molar-refractivity contribution in [3.8, 4) is 0 Å². The molecular formula is C81H122I7O4V-. The van der Waals surface area contributed by atoms with Crippen LogP contribution in [0.5, 0.6) is 0 Å². The third-order valence-electron chi connectivity index (χ3n) is 24.4. The standard InChI is InChI=1S/C18H26O2.C18H26O.C12H18O.C12H18.C6H10.2C5H6.CHI3.CH2I2.CH3I.CH2I.CH4.V/c1(3-9-5-11-7-13(9)17-15(11)19-17)2-4-10-6-12-8-14(10)18-16(12)20-18;1(3-12-7-11-5-6-13(12)8-11)2-4-14-9-15-10-16(14)18-17(15)19-18;1-2-3-4-5-8-6-9-7-10(8)12-11(9)13-12;1-2-3-4-5-11-8-10-6-7-12(11)9-10;1-3-5-6-4-2;2*1-2-4-5-3-1;2-1(3)4;2-1-3;2*1-2;;/h9-18H,1-8H2;5-6,11-18H,1-4,7-10H2;2,8-12H,1,3-7H2;2,6-7,10-12H,1,3-5,8-9H2;3-4H,1-2,5-6H2;2*1-4H,5H2;1H;1H2;1H3;1H2;1H4;/q;;;;;;;;;;-1;;. The second-order valence-corrected chi connectivity index (χ2v) is 45.0. The summed E-state index contributed by atoms with van der Waals surface area (Å²) in [4.78, 5) is 5.19. The monoisotopic (exact) mass is 2100 g/mol. The van der Waals surface area contributed by atoms with Crippen molar-refractivity contribution in [3.05, 3.63) is 128 Å². The van der Waals surface area contributed by atoms with Crippen molar-refractivity contribution < 1.29 is 37.5 Å². The zero-order chi connectivity index (χ0) is 64.7. The Morgan fingerprint density at radius 1 is 0.387 bits per heavy atom. The van der Waals surface area contributed by atoms with E-state index in [1.54, 1.807) is 0 Å². The quantitative estimate of drug-likeness (QED) is 0.0287. The third kappa shape index (κ3) is 25.9. The zero-order valence-electron chi connectivity index (χ0n) is 56.0. The van der Waals surface area contributed by atoms with Gasteiger partial charge in [-0.25, -0.2) is 0 Å². The summed E-state index contributed by atoms with van der Waals surface area (Å²) in [5.74, 6) is 17.7. The molecule has 0 aromatic carbocycles. The maximum absolute atomic E-state index is 5.79. The van der Waals surface area contributed by atoms with Gasteiger partial charge in [0.15, 0.2) is 0 Å². The molecule has 18 rings (SSSR count). The predicted molar refractivity (Wildman–Crippen MR) is 456 cm³/mol. The molecule has 12 heteroatoms. The summed E-state index contributed by atoms with van der Waals surface area (Å²) in [6.07, 6.45) is 82.4. The maximum Gasteiger partial charge on any atom is 0.114 e. The number of ether oxygens (including phenoxy) is 4. The molecule has 4 heterocycles. The first kappa shape index (κ1) is 84.9. The van der Waals surface area contributed by atoms with Gasteiger partial charge in [-0.15, -0.1) is 26.3 Å². The van der Waals surface area contributed by atoms with E-state index in [1.807, 2.05) is 51.8 Å². The van der Waals surface area contributed by atoms with Crippen LogP contribution in [0, 0.1) is 111 Å². The van der Waals surface area contributed by atoms with Gasteiger partial charge >= 0.3 is 0 Å². The molecule has 10 saturated carbocycles. The van der Waals surface area contributed by atoms with Crippen LogP contribution in [0.3, 0.4) is 0 Å². The summed E-state index contributed by atoms with van der Waals surface area (Å²) in [6, 6.07) is 0. The van der Waals surface area contributed by atoms with E-state index >= 15 is 0 Å². The minimum Gasteiger partial charge on any atom is -0.369 e. The number of epoxide rings is 4. The summed E-state index contributed by atoms with van der Waals surface area (Å²) in [7, 11) is 0. The molecule has 0 spiro atoms. The Bertz CT molecular complexity index is 2250. The molecule has 0 amide bonds. The Kier molecular flexibility index (Phi) is 42.0. The molecule has 26 atom stereocenters. The van der Waals surface area contributed by atoms with Crippen molar-refractivity contribution in [2.75, 3.05) is 7.36 Å². The van der Waals surface area contributed by atoms with Crippen LogP contribution in [0.1, 0.15) is 200 Å². The summed E-state index contributed by atoms with van der Waals surface area (Å²) in [5.41, 5.74) is 0. The number of hydrogen-bond donors (Lipinski definition) is 0. The van der Waals surface area contributed by atoms with Crippen molar-refractivity contribution in [2.45, 2.75) is 249 Å². The second-order valence-electron chi connectivity index (χ2n) is 29.7. The van der Waals surface area contributed by atoms with Crippen molar-refractivity contribution in [3.63, 3.8) is 0 Å². The molecule has 4 saturated heterocycles.